The Bertz CT molecular complexity index is 1370. The molecule has 2 aromatic carbocycles. The minimum absolute atomic E-state index is 0.0262. The number of halogens is 1. The molecule has 11 heteroatoms. The van der Waals surface area contributed by atoms with Crippen molar-refractivity contribution in [3.8, 4) is 17.2 Å². The molecule has 2 aromatic rings. The fraction of sp³-hybridized carbons (Fsp3) is 0.379. The molecule has 0 saturated carbocycles. The zero-order chi connectivity index (χ0) is 28.6. The van der Waals surface area contributed by atoms with Crippen LogP contribution in [0.3, 0.4) is 0 Å². The van der Waals surface area contributed by atoms with E-state index in [-0.39, 0.29) is 18.0 Å². The minimum atomic E-state index is -0.496. The molecule has 0 radical (unpaired) electrons. The number of nitrogens with one attached hydrogen (secondary N) is 1. The number of thioether (sulfide) groups is 1. The maximum Gasteiger partial charge on any atom is 0.283 e. The topological polar surface area (TPSA) is 106 Å². The molecule has 212 valence electrons. The Hall–Kier alpha value is -3.34. The van der Waals surface area contributed by atoms with Crippen molar-refractivity contribution in [2.75, 3.05) is 33.0 Å². The number of hydrogen-bond donors (Lipinski definition) is 1. The summed E-state index contributed by atoms with van der Waals surface area (Å²) in [6.07, 6.45) is 3.25. The first-order valence-corrected chi connectivity index (χ1v) is 14.4. The highest BCUT2D eigenvalue weighted by Gasteiger charge is 2.35. The molecule has 0 saturated heterocycles. The fourth-order valence-electron chi connectivity index (χ4n) is 3.91. The summed E-state index contributed by atoms with van der Waals surface area (Å²) in [5, 5.41) is 16.0. The van der Waals surface area contributed by atoms with E-state index in [0.29, 0.717) is 53.7 Å². The van der Waals surface area contributed by atoms with Crippen molar-refractivity contribution in [1.29, 1.82) is 5.41 Å². The molecule has 1 N–H and O–H groups in total. The largest absolute Gasteiger partial charge is 0.491 e. The van der Waals surface area contributed by atoms with Crippen LogP contribution in [-0.4, -0.2) is 60.0 Å². The maximum absolute atomic E-state index is 12.7. The van der Waals surface area contributed by atoms with Crippen LogP contribution in [0.5, 0.6) is 17.2 Å². The average Bonchev–Trinajstić information content (AvgIpc) is 3.32. The van der Waals surface area contributed by atoms with Gasteiger partial charge in [-0.2, -0.15) is 15.1 Å². The number of ether oxygens (including phenoxy) is 4. The van der Waals surface area contributed by atoms with Gasteiger partial charge in [0, 0.05) is 0 Å². The molecule has 40 heavy (non-hydrogen) atoms. The summed E-state index contributed by atoms with van der Waals surface area (Å²) in [7, 11) is 0. The van der Waals surface area contributed by atoms with Crippen LogP contribution in [0, 0.1) is 19.3 Å². The normalized spacial score (nSPS) is 15.7. The fourth-order valence-corrected chi connectivity index (χ4v) is 5.17. The summed E-state index contributed by atoms with van der Waals surface area (Å²) in [5.41, 5.74) is 3.11. The van der Waals surface area contributed by atoms with Crippen LogP contribution in [0.15, 0.2) is 46.0 Å². The van der Waals surface area contributed by atoms with Crippen LogP contribution in [-0.2, 0) is 9.53 Å². The summed E-state index contributed by atoms with van der Waals surface area (Å²) in [6.45, 7) is 9.85. The Morgan fingerprint density at radius 2 is 1.80 bits per heavy atom. The van der Waals surface area contributed by atoms with Gasteiger partial charge in [-0.05, 0) is 92.4 Å². The third-order valence-corrected chi connectivity index (χ3v) is 7.30. The van der Waals surface area contributed by atoms with Crippen molar-refractivity contribution < 1.29 is 23.7 Å². The van der Waals surface area contributed by atoms with Gasteiger partial charge in [0.2, 0.25) is 5.17 Å². The van der Waals surface area contributed by atoms with E-state index in [9.17, 15) is 4.79 Å². The number of fused-ring (bicyclic) bond motifs is 1. The van der Waals surface area contributed by atoms with Crippen LogP contribution >= 0.6 is 23.4 Å². The van der Waals surface area contributed by atoms with E-state index in [1.54, 1.807) is 18.2 Å². The second kappa shape index (κ2) is 13.8. The van der Waals surface area contributed by atoms with Crippen molar-refractivity contribution in [2.45, 2.75) is 40.5 Å². The predicted octanol–water partition coefficient (Wildman–Crippen LogP) is 6.25. The van der Waals surface area contributed by atoms with Gasteiger partial charge in [0.1, 0.15) is 24.0 Å². The van der Waals surface area contributed by atoms with Crippen molar-refractivity contribution in [1.82, 2.24) is 5.01 Å². The molecule has 2 aliphatic heterocycles. The van der Waals surface area contributed by atoms with Gasteiger partial charge in [-0.1, -0.05) is 24.6 Å². The Labute approximate surface area is 243 Å². The van der Waals surface area contributed by atoms with Crippen LogP contribution in [0.4, 0.5) is 0 Å². The van der Waals surface area contributed by atoms with E-state index >= 15 is 0 Å². The number of hydrazone groups is 1. The third kappa shape index (κ3) is 7.24. The van der Waals surface area contributed by atoms with Crippen LogP contribution in [0.2, 0.25) is 5.02 Å². The molecule has 0 aliphatic carbocycles. The SMILES string of the molecule is CCCC1=NN2C(=N)/C(=C/c3cc(Cl)c(OCCOCCOc4ccc(C)c(C)c4)c(OCC)c3)C(=O)N=C2S1. The zero-order valence-electron chi connectivity index (χ0n) is 23.1. The summed E-state index contributed by atoms with van der Waals surface area (Å²) >= 11 is 7.89. The molecule has 0 spiro atoms. The minimum Gasteiger partial charge on any atom is -0.491 e. The number of carbonyl (C=O) groups is 1. The van der Waals surface area contributed by atoms with Gasteiger partial charge in [-0.25, -0.2) is 0 Å². The molecule has 0 fully saturated rings. The van der Waals surface area contributed by atoms with E-state index in [4.69, 9.17) is 36.0 Å². The number of aliphatic imine (C=N–C) groups is 1. The summed E-state index contributed by atoms with van der Waals surface area (Å²) in [4.78, 5) is 16.9. The quantitative estimate of drug-likeness (QED) is 0.219. The lowest BCUT2D eigenvalue weighted by atomic mass is 10.1. The molecule has 0 unspecified atom stereocenters. The summed E-state index contributed by atoms with van der Waals surface area (Å²) < 4.78 is 23.0. The van der Waals surface area contributed by atoms with E-state index in [2.05, 4.69) is 23.9 Å². The number of amides is 1. The molecule has 0 atom stereocenters. The second-order valence-corrected chi connectivity index (χ2v) is 10.5. The number of benzene rings is 2. The highest BCUT2D eigenvalue weighted by atomic mass is 35.5. The molecule has 4 rings (SSSR count). The van der Waals surface area contributed by atoms with Crippen molar-refractivity contribution in [3.05, 3.63) is 57.6 Å². The van der Waals surface area contributed by atoms with Gasteiger partial charge in [0.05, 0.1) is 30.4 Å². The smallest absolute Gasteiger partial charge is 0.283 e. The first kappa shape index (κ1) is 29.6. The standard InChI is InChI=1S/C29H33ClN4O5S/c1-5-7-25-33-34-27(31)22(28(35)32-29(34)40-25)15-20-16-23(30)26(24(17-20)37-6-2)39-13-11-36-10-12-38-21-9-8-18(3)19(4)14-21/h8-9,14-17,31H,5-7,10-13H2,1-4H3/b22-15-,31-27?. The van der Waals surface area contributed by atoms with Crippen LogP contribution in [0.25, 0.3) is 6.08 Å². The van der Waals surface area contributed by atoms with Crippen LogP contribution < -0.4 is 14.2 Å². The molecular weight excluding hydrogens is 552 g/mol. The first-order valence-electron chi connectivity index (χ1n) is 13.2. The van der Waals surface area contributed by atoms with Gasteiger partial charge in [0.15, 0.2) is 17.3 Å². The molecule has 9 nitrogen and oxygen atoms in total. The van der Waals surface area contributed by atoms with Gasteiger partial charge in [-0.15, -0.1) is 0 Å². The van der Waals surface area contributed by atoms with Crippen molar-refractivity contribution in [2.24, 2.45) is 10.1 Å². The number of aryl methyl sites for hydroxylation is 2. The number of rotatable bonds is 13. The van der Waals surface area contributed by atoms with E-state index in [1.807, 2.05) is 32.0 Å². The van der Waals surface area contributed by atoms with E-state index in [1.165, 1.54) is 27.9 Å². The summed E-state index contributed by atoms with van der Waals surface area (Å²) in [6, 6.07) is 9.37. The second-order valence-electron chi connectivity index (χ2n) is 9.08. The van der Waals surface area contributed by atoms with Crippen LogP contribution in [0.1, 0.15) is 43.4 Å². The molecule has 2 aliphatic rings. The number of nitrogens with zero attached hydrogens (tertiary/aromatic N) is 3. The number of hydrogen-bond acceptors (Lipinski definition) is 8. The van der Waals surface area contributed by atoms with Gasteiger partial charge < -0.3 is 18.9 Å². The lowest BCUT2D eigenvalue weighted by Crippen LogP contribution is -2.35. The van der Waals surface area contributed by atoms with Crippen molar-refractivity contribution >= 4 is 51.4 Å². The molecular formula is C29H33ClN4O5S. The average molecular weight is 585 g/mol. The maximum atomic E-state index is 12.7. The number of carbonyl (C=O) groups excluding carboxylic acids is 1. The van der Waals surface area contributed by atoms with E-state index < -0.39 is 5.91 Å². The Balaban J connectivity index is 1.36. The molecule has 1 amide bonds. The Kier molecular flexibility index (Phi) is 10.2. The monoisotopic (exact) mass is 584 g/mol. The summed E-state index contributed by atoms with van der Waals surface area (Å²) in [5.74, 6) is 1.11. The van der Waals surface area contributed by atoms with Gasteiger partial charge in [0.25, 0.3) is 5.91 Å². The molecule has 0 bridgehead atoms. The predicted molar refractivity (Wildman–Crippen MR) is 160 cm³/mol. The first-order chi connectivity index (χ1) is 19.3. The highest BCUT2D eigenvalue weighted by molar-refractivity contribution is 8.26. The third-order valence-electron chi connectivity index (χ3n) is 6.05. The lowest BCUT2D eigenvalue weighted by molar-refractivity contribution is -0.114. The Morgan fingerprint density at radius 3 is 2.52 bits per heavy atom. The van der Waals surface area contributed by atoms with Crippen molar-refractivity contribution in [3.63, 3.8) is 0 Å². The van der Waals surface area contributed by atoms with Gasteiger partial charge in [-0.3, -0.25) is 10.2 Å². The van der Waals surface area contributed by atoms with Gasteiger partial charge >= 0.3 is 0 Å². The number of amidine groups is 2. The molecule has 0 aromatic heterocycles. The lowest BCUT2D eigenvalue weighted by Gasteiger charge is -2.20. The van der Waals surface area contributed by atoms with E-state index in [0.717, 1.165) is 23.6 Å². The molecule has 2 heterocycles. The highest BCUT2D eigenvalue weighted by Crippen LogP contribution is 2.38. The zero-order valence-corrected chi connectivity index (χ0v) is 24.7. The Morgan fingerprint density at radius 1 is 1.02 bits per heavy atom.